The minimum absolute atomic E-state index is 0.223. The fraction of sp³-hybridized carbons (Fsp3) is 0.714. The molecule has 0 heterocycles. The van der Waals surface area contributed by atoms with Gasteiger partial charge in [0.2, 0.25) is 9.58 Å². The van der Waals surface area contributed by atoms with Crippen molar-refractivity contribution in [2.24, 2.45) is 5.41 Å². The Bertz CT molecular complexity index is 239. The number of hydrogen-bond acceptors (Lipinski definition) is 2. The number of alkyl halides is 2. The first-order valence-corrected chi connectivity index (χ1v) is 4.99. The zero-order valence-corrected chi connectivity index (χ0v) is 10.1. The summed E-state index contributed by atoms with van der Waals surface area (Å²) in [4.78, 5) is 21.9. The lowest BCUT2D eigenvalue weighted by molar-refractivity contribution is -0.125. The van der Waals surface area contributed by atoms with E-state index in [1.807, 2.05) is 0 Å². The Kier molecular flexibility index (Phi) is 4.51. The van der Waals surface area contributed by atoms with Gasteiger partial charge in [-0.25, -0.2) is 0 Å². The first-order valence-electron chi connectivity index (χ1n) is 3.47. The van der Waals surface area contributed by atoms with Gasteiger partial charge in [0, 0.05) is 0 Å². The van der Waals surface area contributed by atoms with Crippen LogP contribution in [0, 0.1) is 5.41 Å². The van der Waals surface area contributed by atoms with Gasteiger partial charge in [0.25, 0.3) is 5.24 Å². The summed E-state index contributed by atoms with van der Waals surface area (Å²) in [5.41, 5.74) is -1.36. The molecule has 6 heteroatoms. The molecule has 0 radical (unpaired) electrons. The lowest BCUT2D eigenvalue weighted by Crippen LogP contribution is -2.45. The number of carbonyl (C=O) groups is 2. The Morgan fingerprint density at radius 2 is 1.54 bits per heavy atom. The van der Waals surface area contributed by atoms with E-state index in [-0.39, 0.29) is 6.42 Å². The highest BCUT2D eigenvalue weighted by Gasteiger charge is 2.54. The molecule has 0 aliphatic carbocycles. The number of halogens is 4. The van der Waals surface area contributed by atoms with Crippen molar-refractivity contribution in [3.63, 3.8) is 0 Å². The van der Waals surface area contributed by atoms with Crippen LogP contribution in [0.2, 0.25) is 0 Å². The average molecular weight is 266 g/mol. The van der Waals surface area contributed by atoms with Crippen LogP contribution in [-0.2, 0) is 9.59 Å². The molecule has 0 saturated heterocycles. The van der Waals surface area contributed by atoms with Crippen molar-refractivity contribution >= 4 is 56.9 Å². The molecule has 2 nitrogen and oxygen atoms in total. The van der Waals surface area contributed by atoms with Crippen molar-refractivity contribution in [1.82, 2.24) is 0 Å². The molecule has 1 atom stereocenters. The Hall–Kier alpha value is 0.500. The van der Waals surface area contributed by atoms with Gasteiger partial charge in [0.1, 0.15) is 0 Å². The van der Waals surface area contributed by atoms with E-state index in [0.29, 0.717) is 0 Å². The first kappa shape index (κ1) is 13.5. The summed E-state index contributed by atoms with van der Waals surface area (Å²) >= 11 is 21.8. The lowest BCUT2D eigenvalue weighted by atomic mass is 9.85. The van der Waals surface area contributed by atoms with Crippen LogP contribution in [0.15, 0.2) is 0 Å². The second-order valence-corrected chi connectivity index (χ2v) is 4.82. The van der Waals surface area contributed by atoms with Crippen LogP contribution in [0.4, 0.5) is 0 Å². The highest BCUT2D eigenvalue weighted by Crippen LogP contribution is 2.46. The molecule has 0 bridgehead atoms. The van der Waals surface area contributed by atoms with Crippen molar-refractivity contribution in [2.45, 2.75) is 24.6 Å². The highest BCUT2D eigenvalue weighted by molar-refractivity contribution is 6.80. The molecular weight excluding hydrogens is 258 g/mol. The molecule has 76 valence electrons. The van der Waals surface area contributed by atoms with Gasteiger partial charge in [-0.05, 0) is 36.5 Å². The maximum atomic E-state index is 11.0. The molecule has 0 N–H and O–H groups in total. The number of carbonyl (C=O) groups excluding carboxylic acids is 2. The summed E-state index contributed by atoms with van der Waals surface area (Å²) in [6.07, 6.45) is 0.223. The second kappa shape index (κ2) is 4.35. The Balaban J connectivity index is 5.19. The molecule has 0 amide bonds. The van der Waals surface area contributed by atoms with Gasteiger partial charge < -0.3 is 0 Å². The molecule has 0 fully saturated rings. The summed E-state index contributed by atoms with van der Waals surface area (Å²) in [6, 6.07) is 0. The van der Waals surface area contributed by atoms with E-state index >= 15 is 0 Å². The normalized spacial score (nSPS) is 16.5. The van der Waals surface area contributed by atoms with E-state index in [9.17, 15) is 9.59 Å². The monoisotopic (exact) mass is 264 g/mol. The van der Waals surface area contributed by atoms with Crippen LogP contribution in [0.25, 0.3) is 0 Å². The van der Waals surface area contributed by atoms with E-state index in [0.717, 1.165) is 0 Å². The van der Waals surface area contributed by atoms with Crippen LogP contribution in [0.5, 0.6) is 0 Å². The maximum Gasteiger partial charge on any atom is 0.258 e. The summed E-state index contributed by atoms with van der Waals surface area (Å²) in [5, 5.41) is -1.79. The van der Waals surface area contributed by atoms with Gasteiger partial charge in [0.05, 0.1) is 5.41 Å². The summed E-state index contributed by atoms with van der Waals surface area (Å²) in [5.74, 6) is 0. The van der Waals surface area contributed by atoms with E-state index in [1.165, 1.54) is 6.92 Å². The zero-order chi connectivity index (χ0) is 10.9. The van der Waals surface area contributed by atoms with E-state index < -0.39 is 20.2 Å². The SMILES string of the molecule is CCC(C)(C(=O)Cl)C(Cl)(Cl)C(=O)Cl. The summed E-state index contributed by atoms with van der Waals surface area (Å²) in [7, 11) is 0. The topological polar surface area (TPSA) is 34.1 Å². The molecular formula is C7H8Cl4O2. The van der Waals surface area contributed by atoms with Crippen molar-refractivity contribution in [2.75, 3.05) is 0 Å². The average Bonchev–Trinajstić information content (AvgIpc) is 2.01. The number of rotatable bonds is 4. The fourth-order valence-corrected chi connectivity index (χ4v) is 1.72. The van der Waals surface area contributed by atoms with Crippen LogP contribution in [-0.4, -0.2) is 14.8 Å². The van der Waals surface area contributed by atoms with Crippen molar-refractivity contribution < 1.29 is 9.59 Å². The zero-order valence-electron chi connectivity index (χ0n) is 7.04. The third kappa shape index (κ3) is 2.30. The Morgan fingerprint density at radius 3 is 1.62 bits per heavy atom. The smallest absolute Gasteiger partial charge is 0.258 e. The van der Waals surface area contributed by atoms with Gasteiger partial charge in [-0.2, -0.15) is 0 Å². The standard InChI is InChI=1S/C7H8Cl4O2/c1-3-6(2,4(8)12)7(10,11)5(9)13/h3H2,1-2H3. The third-order valence-electron chi connectivity index (χ3n) is 2.08. The largest absolute Gasteiger partial charge is 0.281 e. The van der Waals surface area contributed by atoms with E-state index in [2.05, 4.69) is 0 Å². The Morgan fingerprint density at radius 1 is 1.15 bits per heavy atom. The highest BCUT2D eigenvalue weighted by atomic mass is 35.5. The van der Waals surface area contributed by atoms with Gasteiger partial charge >= 0.3 is 0 Å². The van der Waals surface area contributed by atoms with E-state index in [1.54, 1.807) is 6.92 Å². The summed E-state index contributed by atoms with van der Waals surface area (Å²) in [6.45, 7) is 3.03. The van der Waals surface area contributed by atoms with Crippen molar-refractivity contribution in [3.8, 4) is 0 Å². The second-order valence-electron chi connectivity index (χ2n) is 2.81. The molecule has 1 unspecified atom stereocenters. The van der Waals surface area contributed by atoms with Crippen molar-refractivity contribution in [3.05, 3.63) is 0 Å². The van der Waals surface area contributed by atoms with Gasteiger partial charge in [-0.15, -0.1) is 0 Å². The van der Waals surface area contributed by atoms with Crippen LogP contribution in [0.3, 0.4) is 0 Å². The quantitative estimate of drug-likeness (QED) is 0.578. The maximum absolute atomic E-state index is 11.0. The fourth-order valence-electron chi connectivity index (χ4n) is 0.701. The van der Waals surface area contributed by atoms with Crippen LogP contribution in [0.1, 0.15) is 20.3 Å². The number of hydrogen-bond donors (Lipinski definition) is 0. The van der Waals surface area contributed by atoms with Crippen LogP contribution < -0.4 is 0 Å². The molecule has 0 aromatic heterocycles. The first-order chi connectivity index (χ1) is 5.70. The molecule has 0 aromatic carbocycles. The van der Waals surface area contributed by atoms with Gasteiger partial charge in [-0.1, -0.05) is 30.1 Å². The molecule has 0 saturated carbocycles. The molecule has 0 rings (SSSR count). The molecule has 0 aliphatic heterocycles. The molecule has 0 aromatic rings. The molecule has 0 aliphatic rings. The third-order valence-corrected chi connectivity index (χ3v) is 4.15. The Labute approximate surface area is 96.5 Å². The predicted octanol–water partition coefficient (Wildman–Crippen LogP) is 3.11. The predicted molar refractivity (Wildman–Crippen MR) is 54.6 cm³/mol. The van der Waals surface area contributed by atoms with Crippen LogP contribution >= 0.6 is 46.4 Å². The van der Waals surface area contributed by atoms with Gasteiger partial charge in [0.15, 0.2) is 0 Å². The minimum atomic E-state index is -1.98. The van der Waals surface area contributed by atoms with Gasteiger partial charge in [-0.3, -0.25) is 9.59 Å². The molecule has 13 heavy (non-hydrogen) atoms. The van der Waals surface area contributed by atoms with E-state index in [4.69, 9.17) is 46.4 Å². The summed E-state index contributed by atoms with van der Waals surface area (Å²) < 4.78 is -1.98. The minimum Gasteiger partial charge on any atom is -0.281 e. The molecule has 0 spiro atoms. The lowest BCUT2D eigenvalue weighted by Gasteiger charge is -2.33. The van der Waals surface area contributed by atoms with Crippen molar-refractivity contribution in [1.29, 1.82) is 0 Å².